The van der Waals surface area contributed by atoms with Gasteiger partial charge in [0, 0.05) is 22.7 Å². The van der Waals surface area contributed by atoms with E-state index < -0.39 is 12.1 Å². The van der Waals surface area contributed by atoms with Crippen molar-refractivity contribution >= 4 is 27.8 Å². The van der Waals surface area contributed by atoms with Crippen LogP contribution in [0.15, 0.2) is 29.2 Å². The van der Waals surface area contributed by atoms with Crippen molar-refractivity contribution in [3.63, 3.8) is 0 Å². The molecule has 4 N–H and O–H groups in total. The highest BCUT2D eigenvalue weighted by atomic mass is 16.4. The highest BCUT2D eigenvalue weighted by Crippen LogP contribution is 2.27. The number of carboxylic acids is 1. The van der Waals surface area contributed by atoms with Gasteiger partial charge in [0.15, 0.2) is 0 Å². The molecule has 1 atom stereocenters. The van der Waals surface area contributed by atoms with Crippen molar-refractivity contribution in [2.24, 2.45) is 0 Å². The predicted molar refractivity (Wildman–Crippen MR) is 76.1 cm³/mol. The number of nitrogens with zero attached hydrogens (tertiary/aromatic N) is 1. The number of aromatic amines is 2. The molecule has 2 aromatic heterocycles. The van der Waals surface area contributed by atoms with E-state index in [2.05, 4.69) is 15.2 Å². The lowest BCUT2D eigenvalue weighted by Gasteiger charge is -2.09. The maximum atomic E-state index is 11.7. The van der Waals surface area contributed by atoms with Gasteiger partial charge in [-0.05, 0) is 24.1 Å². The molecule has 3 rings (SSSR count). The largest absolute Gasteiger partial charge is 0.481 e. The van der Waals surface area contributed by atoms with Crippen LogP contribution in [0.1, 0.15) is 24.5 Å². The second-order valence-corrected chi connectivity index (χ2v) is 4.87. The first-order chi connectivity index (χ1) is 10.1. The lowest BCUT2D eigenvalue weighted by atomic mass is 10.0. The number of H-pyrrole nitrogens is 2. The second kappa shape index (κ2) is 5.02. The molecule has 1 unspecified atom stereocenters. The van der Waals surface area contributed by atoms with E-state index in [1.54, 1.807) is 24.4 Å². The lowest BCUT2D eigenvalue weighted by molar-refractivity contribution is -0.137. The molecule has 0 aliphatic heterocycles. The number of aliphatic hydroxyl groups is 1. The number of benzene rings is 1. The maximum absolute atomic E-state index is 11.7. The molecule has 21 heavy (non-hydrogen) atoms. The first-order valence-corrected chi connectivity index (χ1v) is 6.45. The Kier molecular flexibility index (Phi) is 3.19. The first-order valence-electron chi connectivity index (χ1n) is 6.45. The molecular weight excluding hydrogens is 274 g/mol. The van der Waals surface area contributed by atoms with Crippen LogP contribution in [0.2, 0.25) is 0 Å². The molecule has 108 valence electrons. The van der Waals surface area contributed by atoms with Crippen LogP contribution in [0.4, 0.5) is 0 Å². The molecule has 0 saturated heterocycles. The van der Waals surface area contributed by atoms with E-state index in [9.17, 15) is 14.7 Å². The van der Waals surface area contributed by atoms with E-state index in [0.717, 1.165) is 10.9 Å². The SMILES string of the molecule is O=C(O)CCC(O)c1ccc2[nH]c3c(=O)[nH]ncc3c2c1. The number of aliphatic carboxylic acids is 1. The minimum absolute atomic E-state index is 0.103. The molecule has 3 aromatic rings. The molecule has 0 fully saturated rings. The number of rotatable bonds is 4. The number of carboxylic acid groups (broad SMARTS) is 1. The maximum Gasteiger partial charge on any atom is 0.303 e. The molecule has 0 radical (unpaired) electrons. The summed E-state index contributed by atoms with van der Waals surface area (Å²) in [5.41, 5.74) is 1.50. The Hall–Kier alpha value is -2.67. The molecule has 0 saturated carbocycles. The number of aliphatic hydroxyl groups excluding tert-OH is 1. The first kappa shape index (κ1) is 13.3. The van der Waals surface area contributed by atoms with Crippen LogP contribution >= 0.6 is 0 Å². The van der Waals surface area contributed by atoms with Crippen LogP contribution in [-0.2, 0) is 4.79 Å². The summed E-state index contributed by atoms with van der Waals surface area (Å²) in [7, 11) is 0. The molecule has 0 aliphatic carbocycles. The topological polar surface area (TPSA) is 119 Å². The molecule has 7 heteroatoms. The van der Waals surface area contributed by atoms with Gasteiger partial charge in [-0.15, -0.1) is 0 Å². The van der Waals surface area contributed by atoms with E-state index in [4.69, 9.17) is 5.11 Å². The minimum atomic E-state index is -0.946. The van der Waals surface area contributed by atoms with Gasteiger partial charge in [0.1, 0.15) is 5.52 Å². The number of nitrogens with one attached hydrogen (secondary N) is 2. The van der Waals surface area contributed by atoms with E-state index in [-0.39, 0.29) is 18.4 Å². The monoisotopic (exact) mass is 287 g/mol. The van der Waals surface area contributed by atoms with Gasteiger partial charge in [0.25, 0.3) is 5.56 Å². The van der Waals surface area contributed by atoms with Gasteiger partial charge < -0.3 is 15.2 Å². The smallest absolute Gasteiger partial charge is 0.303 e. The predicted octanol–water partition coefficient (Wildman–Crippen LogP) is 1.30. The van der Waals surface area contributed by atoms with Gasteiger partial charge in [-0.25, -0.2) is 5.10 Å². The van der Waals surface area contributed by atoms with Gasteiger partial charge in [-0.3, -0.25) is 9.59 Å². The third kappa shape index (κ3) is 2.38. The van der Waals surface area contributed by atoms with E-state index in [0.29, 0.717) is 16.5 Å². The lowest BCUT2D eigenvalue weighted by Crippen LogP contribution is -2.06. The van der Waals surface area contributed by atoms with Crippen LogP contribution in [0.3, 0.4) is 0 Å². The van der Waals surface area contributed by atoms with E-state index in [1.807, 2.05) is 0 Å². The molecule has 2 heterocycles. The van der Waals surface area contributed by atoms with Crippen molar-refractivity contribution < 1.29 is 15.0 Å². The number of aromatic nitrogens is 3. The zero-order valence-corrected chi connectivity index (χ0v) is 11.0. The molecule has 7 nitrogen and oxygen atoms in total. The van der Waals surface area contributed by atoms with Crippen molar-refractivity contribution in [3.05, 3.63) is 40.3 Å². The molecule has 0 spiro atoms. The fraction of sp³-hybridized carbons (Fsp3) is 0.214. The average molecular weight is 287 g/mol. The van der Waals surface area contributed by atoms with E-state index in [1.165, 1.54) is 0 Å². The third-order valence-electron chi connectivity index (χ3n) is 3.47. The van der Waals surface area contributed by atoms with Crippen molar-refractivity contribution in [1.29, 1.82) is 0 Å². The molecule has 0 amide bonds. The number of hydrogen-bond acceptors (Lipinski definition) is 4. The van der Waals surface area contributed by atoms with Crippen LogP contribution in [0, 0.1) is 0 Å². The quantitative estimate of drug-likeness (QED) is 0.576. The fourth-order valence-electron chi connectivity index (χ4n) is 2.39. The van der Waals surface area contributed by atoms with Gasteiger partial charge in [-0.1, -0.05) is 6.07 Å². The number of hydrogen-bond donors (Lipinski definition) is 4. The van der Waals surface area contributed by atoms with Crippen LogP contribution in [-0.4, -0.2) is 31.4 Å². The molecule has 0 bridgehead atoms. The summed E-state index contributed by atoms with van der Waals surface area (Å²) in [5, 5.41) is 26.3. The Morgan fingerprint density at radius 2 is 2.14 bits per heavy atom. The summed E-state index contributed by atoms with van der Waals surface area (Å²) in [6, 6.07) is 5.22. The Bertz CT molecular complexity index is 881. The van der Waals surface area contributed by atoms with Gasteiger partial charge in [0.2, 0.25) is 0 Å². The van der Waals surface area contributed by atoms with Crippen molar-refractivity contribution in [2.45, 2.75) is 18.9 Å². The van der Waals surface area contributed by atoms with Gasteiger partial charge in [-0.2, -0.15) is 5.10 Å². The van der Waals surface area contributed by atoms with Crippen molar-refractivity contribution in [2.75, 3.05) is 0 Å². The normalized spacial score (nSPS) is 12.8. The molecule has 0 aliphatic rings. The van der Waals surface area contributed by atoms with Crippen LogP contribution < -0.4 is 5.56 Å². The highest BCUT2D eigenvalue weighted by molar-refractivity contribution is 6.06. The van der Waals surface area contributed by atoms with Gasteiger partial charge >= 0.3 is 5.97 Å². The Morgan fingerprint density at radius 1 is 1.33 bits per heavy atom. The van der Waals surface area contributed by atoms with Crippen molar-refractivity contribution in [3.8, 4) is 0 Å². The van der Waals surface area contributed by atoms with Crippen molar-refractivity contribution in [1.82, 2.24) is 15.2 Å². The summed E-state index contributed by atoms with van der Waals surface area (Å²) >= 11 is 0. The third-order valence-corrected chi connectivity index (χ3v) is 3.47. The molecule has 1 aromatic carbocycles. The highest BCUT2D eigenvalue weighted by Gasteiger charge is 2.13. The summed E-state index contributed by atoms with van der Waals surface area (Å²) < 4.78 is 0. The standard InChI is InChI=1S/C14H13N3O4/c18-11(3-4-12(19)20)7-1-2-10-8(5-7)9-6-15-17-14(21)13(9)16-10/h1-2,5-6,11,16,18H,3-4H2,(H,17,21)(H,19,20). The average Bonchev–Trinajstić information content (AvgIpc) is 2.84. The summed E-state index contributed by atoms with van der Waals surface area (Å²) in [5.74, 6) is -0.946. The minimum Gasteiger partial charge on any atom is -0.481 e. The van der Waals surface area contributed by atoms with Gasteiger partial charge in [0.05, 0.1) is 12.3 Å². The Labute approximate surface area is 118 Å². The number of fused-ring (bicyclic) bond motifs is 3. The summed E-state index contributed by atoms with van der Waals surface area (Å²) in [6.45, 7) is 0. The zero-order chi connectivity index (χ0) is 15.0. The Balaban J connectivity index is 2.07. The zero-order valence-electron chi connectivity index (χ0n) is 11.0. The summed E-state index contributed by atoms with van der Waals surface area (Å²) in [4.78, 5) is 25.2. The second-order valence-electron chi connectivity index (χ2n) is 4.87. The summed E-state index contributed by atoms with van der Waals surface area (Å²) in [6.07, 6.45) is 0.727. The van der Waals surface area contributed by atoms with Crippen LogP contribution in [0.5, 0.6) is 0 Å². The van der Waals surface area contributed by atoms with E-state index >= 15 is 0 Å². The fourth-order valence-corrected chi connectivity index (χ4v) is 2.39. The Morgan fingerprint density at radius 3 is 2.90 bits per heavy atom. The molecular formula is C14H13N3O4. The van der Waals surface area contributed by atoms with Crippen LogP contribution in [0.25, 0.3) is 21.8 Å². The number of carbonyl (C=O) groups is 1.